The lowest BCUT2D eigenvalue weighted by molar-refractivity contribution is 0.717. The molecule has 3 aliphatic rings. The minimum Gasteiger partial charge on any atom is -0.0724 e. The summed E-state index contributed by atoms with van der Waals surface area (Å²) < 4.78 is 0.687. The zero-order valence-corrected chi connectivity index (χ0v) is 17.2. The number of hydrogen-bond acceptors (Lipinski definition) is 0. The molecule has 2 bridgehead atoms. The third-order valence-electron chi connectivity index (χ3n) is 3.67. The average molecular weight is 341 g/mol. The number of unbranched alkanes of at least 4 members (excludes halogenated alkanes) is 2. The molecule has 6 heteroatoms. The molecule has 3 fully saturated rings. The molecule has 0 saturated carbocycles. The van der Waals surface area contributed by atoms with Crippen molar-refractivity contribution >= 4 is 54.2 Å². The van der Waals surface area contributed by atoms with Crippen LogP contribution < -0.4 is 0 Å². The van der Waals surface area contributed by atoms with Gasteiger partial charge in [0.05, 0.1) is 0 Å². The van der Waals surface area contributed by atoms with E-state index in [0.717, 1.165) is 0 Å². The summed E-state index contributed by atoms with van der Waals surface area (Å²) in [5.74, 6) is 0. The molecule has 19 heavy (non-hydrogen) atoms. The highest BCUT2D eigenvalue weighted by Crippen LogP contribution is 2.30. The fraction of sp³-hybridized carbons (Fsp3) is 0.538. The Morgan fingerprint density at radius 2 is 1.58 bits per heavy atom. The smallest absolute Gasteiger partial charge is 0.0269 e. The van der Waals surface area contributed by atoms with Crippen LogP contribution in [0.3, 0.4) is 0 Å². The fourth-order valence-electron chi connectivity index (χ4n) is 2.46. The van der Waals surface area contributed by atoms with Crippen LogP contribution in [0.25, 0.3) is 0 Å². The molecular formula is C13H16Si6. The zero-order valence-electron chi connectivity index (χ0n) is 11.2. The highest BCUT2D eigenvalue weighted by atomic mass is 29.3. The highest BCUT2D eigenvalue weighted by Gasteiger charge is 2.43. The Kier molecular flexibility index (Phi) is 4.96. The average Bonchev–Trinajstić information content (AvgIpc) is 2.50. The van der Waals surface area contributed by atoms with E-state index in [-0.39, 0.29) is 0 Å². The first-order valence-corrected chi connectivity index (χ1v) is 16.2. The fourth-order valence-corrected chi connectivity index (χ4v) is 33.0. The molecule has 0 atom stereocenters. The van der Waals surface area contributed by atoms with Crippen molar-refractivity contribution in [3.63, 3.8) is 0 Å². The van der Waals surface area contributed by atoms with Crippen LogP contribution >= 0.6 is 0 Å². The summed E-state index contributed by atoms with van der Waals surface area (Å²) >= 11 is 0. The number of aryl methyl sites for hydroxylation is 1. The number of fused-ring (bicyclic) bond motifs is 3. The summed E-state index contributed by atoms with van der Waals surface area (Å²) in [5.41, 5.74) is 3.26. The summed E-state index contributed by atoms with van der Waals surface area (Å²) in [7, 11) is 7.67. The predicted octanol–water partition coefficient (Wildman–Crippen LogP) is 1.23. The van der Waals surface area contributed by atoms with Crippen molar-refractivity contribution in [2.24, 2.45) is 0 Å². The van der Waals surface area contributed by atoms with Gasteiger partial charge in [0.15, 0.2) is 0 Å². The normalized spacial score (nSPS) is 29.6. The molecule has 3 heterocycles. The zero-order chi connectivity index (χ0) is 13.1. The lowest BCUT2D eigenvalue weighted by Gasteiger charge is -2.44. The summed E-state index contributed by atoms with van der Waals surface area (Å²) in [6.07, 6.45) is 5.34. The SMILES string of the molecule is CCCCCc1ccc(C23[Si][Si]C([Si][Si]2)[Si][Si]3)cc1. The van der Waals surface area contributed by atoms with Crippen molar-refractivity contribution in [1.82, 2.24) is 0 Å². The minimum atomic E-state index is 0.687. The Balaban J connectivity index is 1.68. The van der Waals surface area contributed by atoms with E-state index in [1.54, 1.807) is 11.1 Å². The van der Waals surface area contributed by atoms with E-state index in [2.05, 4.69) is 31.2 Å². The maximum absolute atomic E-state index is 2.49. The molecule has 0 spiro atoms. The first-order valence-electron chi connectivity index (χ1n) is 7.00. The standard InChI is InChI=1S/C13H16Si6/c1-2-3-4-5-10-6-8-11(9-7-10)13-17-14-12(15-18-13)16-19-13/h6-9,12H,2-5H2,1H3. The van der Waals surface area contributed by atoms with Crippen LogP contribution in [0.1, 0.15) is 37.3 Å². The van der Waals surface area contributed by atoms with Crippen molar-refractivity contribution in [1.29, 1.82) is 0 Å². The van der Waals surface area contributed by atoms with Gasteiger partial charge in [-0.15, -0.1) is 0 Å². The molecule has 4 rings (SSSR count). The largest absolute Gasteiger partial charge is 0.0724 e. The molecule has 12 radical (unpaired) electrons. The number of rotatable bonds is 5. The molecule has 0 aromatic heterocycles. The lowest BCUT2D eigenvalue weighted by Crippen LogP contribution is -2.64. The van der Waals surface area contributed by atoms with Gasteiger partial charge in [-0.05, 0) is 22.7 Å². The first-order chi connectivity index (χ1) is 9.32. The highest BCUT2D eigenvalue weighted by molar-refractivity contribution is 7.41. The third kappa shape index (κ3) is 3.24. The van der Waals surface area contributed by atoms with Crippen LogP contribution in [0.4, 0.5) is 0 Å². The molecule has 0 unspecified atom stereocenters. The second kappa shape index (κ2) is 6.52. The summed E-state index contributed by atoms with van der Waals surface area (Å²) in [5, 5.41) is 0. The third-order valence-corrected chi connectivity index (χ3v) is 28.8. The van der Waals surface area contributed by atoms with Crippen molar-refractivity contribution in [2.75, 3.05) is 0 Å². The van der Waals surface area contributed by atoms with E-state index in [4.69, 9.17) is 0 Å². The minimum absolute atomic E-state index is 0.687. The Labute approximate surface area is 131 Å². The van der Waals surface area contributed by atoms with Crippen LogP contribution in [-0.4, -0.2) is 54.2 Å². The van der Waals surface area contributed by atoms with Crippen molar-refractivity contribution in [3.05, 3.63) is 35.4 Å². The van der Waals surface area contributed by atoms with Gasteiger partial charge >= 0.3 is 0 Å². The summed E-state index contributed by atoms with van der Waals surface area (Å²) in [4.78, 5) is 1.19. The summed E-state index contributed by atoms with van der Waals surface area (Å²) in [6.45, 7) is 2.28. The van der Waals surface area contributed by atoms with Gasteiger partial charge in [0.1, 0.15) is 0 Å². The van der Waals surface area contributed by atoms with Crippen LogP contribution in [0.5, 0.6) is 0 Å². The van der Waals surface area contributed by atoms with Crippen LogP contribution in [0, 0.1) is 0 Å². The van der Waals surface area contributed by atoms with Crippen LogP contribution in [0.2, 0.25) is 4.79 Å². The molecular weight excluding hydrogens is 325 g/mol. The maximum atomic E-state index is 2.49. The maximum Gasteiger partial charge on any atom is 0.0269 e. The van der Waals surface area contributed by atoms with Gasteiger partial charge < -0.3 is 0 Å². The molecule has 1 aromatic rings. The molecule has 3 saturated heterocycles. The molecule has 1 aromatic carbocycles. The topological polar surface area (TPSA) is 0 Å². The van der Waals surface area contributed by atoms with E-state index in [0.29, 0.717) is 4.28 Å². The van der Waals surface area contributed by atoms with E-state index >= 15 is 0 Å². The van der Waals surface area contributed by atoms with Gasteiger partial charge in [0.25, 0.3) is 0 Å². The molecule has 0 nitrogen and oxygen atoms in total. The Morgan fingerprint density at radius 1 is 0.947 bits per heavy atom. The van der Waals surface area contributed by atoms with Crippen molar-refractivity contribution in [2.45, 2.75) is 41.7 Å². The van der Waals surface area contributed by atoms with Crippen LogP contribution in [-0.2, 0) is 10.7 Å². The van der Waals surface area contributed by atoms with Gasteiger partial charge in [0.2, 0.25) is 0 Å². The molecule has 0 amide bonds. The van der Waals surface area contributed by atoms with E-state index in [1.165, 1.54) is 84.7 Å². The van der Waals surface area contributed by atoms with Gasteiger partial charge in [0, 0.05) is 54.2 Å². The van der Waals surface area contributed by atoms with E-state index in [9.17, 15) is 0 Å². The Morgan fingerprint density at radius 3 is 2.16 bits per heavy atom. The predicted molar refractivity (Wildman–Crippen MR) is 89.6 cm³/mol. The second-order valence-corrected chi connectivity index (χ2v) is 18.8. The monoisotopic (exact) mass is 340 g/mol. The second-order valence-electron chi connectivity index (χ2n) is 5.15. The van der Waals surface area contributed by atoms with Gasteiger partial charge in [-0.3, -0.25) is 0 Å². The quantitative estimate of drug-likeness (QED) is 0.559. The lowest BCUT2D eigenvalue weighted by atomic mass is 10.1. The molecule has 3 aliphatic heterocycles. The molecule has 92 valence electrons. The summed E-state index contributed by atoms with van der Waals surface area (Å²) in [6, 6.07) is 9.82. The number of hydrogen-bond donors (Lipinski definition) is 0. The molecule has 0 aliphatic carbocycles. The van der Waals surface area contributed by atoms with Crippen molar-refractivity contribution in [3.8, 4) is 0 Å². The van der Waals surface area contributed by atoms with Gasteiger partial charge in [-0.1, -0.05) is 54.4 Å². The Bertz CT molecular complexity index is 396. The van der Waals surface area contributed by atoms with Crippen LogP contribution in [0.15, 0.2) is 24.3 Å². The van der Waals surface area contributed by atoms with E-state index < -0.39 is 0 Å². The van der Waals surface area contributed by atoms with Gasteiger partial charge in [-0.2, -0.15) is 0 Å². The van der Waals surface area contributed by atoms with Crippen molar-refractivity contribution < 1.29 is 0 Å². The molecule has 0 N–H and O–H groups in total. The number of benzene rings is 1. The Hall–Kier alpha value is 0.521. The van der Waals surface area contributed by atoms with Gasteiger partial charge in [-0.25, -0.2) is 0 Å². The van der Waals surface area contributed by atoms with E-state index in [1.807, 2.05) is 0 Å². The first kappa shape index (κ1) is 14.5.